The van der Waals surface area contributed by atoms with Crippen molar-refractivity contribution >= 4 is 28.2 Å². The van der Waals surface area contributed by atoms with Crippen LogP contribution >= 0.6 is 0 Å². The highest BCUT2D eigenvalue weighted by Crippen LogP contribution is 2.23. The van der Waals surface area contributed by atoms with Crippen molar-refractivity contribution in [2.24, 2.45) is 0 Å². The Labute approximate surface area is 114 Å². The van der Waals surface area contributed by atoms with Crippen molar-refractivity contribution in [2.75, 3.05) is 5.73 Å². The minimum atomic E-state index is -1.87. The molecule has 6 nitrogen and oxygen atoms in total. The molecule has 0 bridgehead atoms. The van der Waals surface area contributed by atoms with Gasteiger partial charge in [-0.15, -0.1) is 0 Å². The topological polar surface area (TPSA) is 104 Å². The van der Waals surface area contributed by atoms with Gasteiger partial charge in [0.25, 0.3) is 5.03 Å². The normalized spacial score (nSPS) is 12.8. The average Bonchev–Trinajstić information content (AvgIpc) is 2.78. The minimum absolute atomic E-state index is 0.0376. The van der Waals surface area contributed by atoms with Crippen LogP contribution in [0.2, 0.25) is 0 Å². The average molecular weight is 295 g/mol. The number of nitrogens with two attached hydrogens (primary N) is 1. The fraction of sp³-hybridized carbons (Fsp3) is 0. The Morgan fingerprint density at radius 2 is 1.90 bits per heavy atom. The molecule has 3 aromatic rings. The van der Waals surface area contributed by atoms with Crippen molar-refractivity contribution in [3.63, 3.8) is 0 Å². The van der Waals surface area contributed by atoms with Gasteiger partial charge in [-0.3, -0.25) is 5.10 Å². The number of rotatable bonds is 2. The summed E-state index contributed by atoms with van der Waals surface area (Å²) < 4.78 is 38.5. The molecule has 0 aliphatic rings. The van der Waals surface area contributed by atoms with E-state index in [0.29, 0.717) is 11.7 Å². The van der Waals surface area contributed by atoms with E-state index in [0.717, 1.165) is 12.1 Å². The number of benzene rings is 1. The quantitative estimate of drug-likeness (QED) is 0.695. The van der Waals surface area contributed by atoms with E-state index in [1.54, 1.807) is 0 Å². The van der Waals surface area contributed by atoms with Crippen LogP contribution in [0.5, 0.6) is 0 Å². The molecule has 3 rings (SSSR count). The predicted octanol–water partition coefficient (Wildman–Crippen LogP) is 1.38. The molecule has 0 aliphatic carbocycles. The number of aromatic amines is 1. The van der Waals surface area contributed by atoms with Crippen LogP contribution in [0.1, 0.15) is 0 Å². The van der Waals surface area contributed by atoms with Gasteiger partial charge in [-0.25, -0.2) is 13.8 Å². The lowest BCUT2D eigenvalue weighted by Crippen LogP contribution is -2.06. The van der Waals surface area contributed by atoms with Crippen molar-refractivity contribution in [1.29, 1.82) is 0 Å². The van der Waals surface area contributed by atoms with Gasteiger partial charge in [-0.1, -0.05) is 0 Å². The summed E-state index contributed by atoms with van der Waals surface area (Å²) in [4.78, 5) is 7.95. The Bertz CT molecular complexity index is 773. The first-order valence-corrected chi connectivity index (χ1v) is 6.54. The third-order valence-corrected chi connectivity index (χ3v) is 3.76. The SMILES string of the molecule is Nc1n[nH]c2ncc([S+]([O-])c3cc(F)cc(F)c3)nc12. The molecular weight excluding hydrogens is 288 g/mol. The number of nitrogens with zero attached hydrogens (tertiary/aromatic N) is 3. The van der Waals surface area contributed by atoms with Crippen LogP contribution in [0.3, 0.4) is 0 Å². The zero-order valence-corrected chi connectivity index (χ0v) is 10.6. The van der Waals surface area contributed by atoms with Crippen LogP contribution in [0.15, 0.2) is 34.3 Å². The largest absolute Gasteiger partial charge is 0.605 e. The third kappa shape index (κ3) is 2.17. The van der Waals surface area contributed by atoms with Crippen molar-refractivity contribution < 1.29 is 13.3 Å². The number of nitrogens with one attached hydrogen (secondary N) is 1. The van der Waals surface area contributed by atoms with Crippen LogP contribution in [-0.4, -0.2) is 24.7 Å². The molecular formula is C11H7F2N5OS. The highest BCUT2D eigenvalue weighted by Gasteiger charge is 2.21. The smallest absolute Gasteiger partial charge is 0.269 e. The molecule has 0 aliphatic heterocycles. The maximum atomic E-state index is 13.1. The maximum Gasteiger partial charge on any atom is 0.269 e. The van der Waals surface area contributed by atoms with Crippen LogP contribution in [-0.2, 0) is 11.2 Å². The number of hydrogen-bond acceptors (Lipinski definition) is 5. The molecule has 20 heavy (non-hydrogen) atoms. The summed E-state index contributed by atoms with van der Waals surface area (Å²) >= 11 is -1.87. The molecule has 2 heterocycles. The zero-order valence-electron chi connectivity index (χ0n) is 9.80. The number of fused-ring (bicyclic) bond motifs is 1. The first-order chi connectivity index (χ1) is 9.54. The molecule has 9 heteroatoms. The van der Waals surface area contributed by atoms with Gasteiger partial charge in [0, 0.05) is 29.4 Å². The number of halogens is 2. The number of nitrogen functional groups attached to an aromatic ring is 1. The molecule has 0 fully saturated rings. The van der Waals surface area contributed by atoms with E-state index in [1.807, 2.05) is 0 Å². The molecule has 0 radical (unpaired) electrons. The molecule has 0 saturated heterocycles. The Kier molecular flexibility index (Phi) is 2.99. The van der Waals surface area contributed by atoms with E-state index >= 15 is 0 Å². The lowest BCUT2D eigenvalue weighted by Gasteiger charge is -2.08. The van der Waals surface area contributed by atoms with Gasteiger partial charge in [0.15, 0.2) is 21.9 Å². The summed E-state index contributed by atoms with van der Waals surface area (Å²) in [6.07, 6.45) is 1.23. The molecule has 1 unspecified atom stereocenters. The van der Waals surface area contributed by atoms with Crippen LogP contribution in [0.25, 0.3) is 11.2 Å². The van der Waals surface area contributed by atoms with Crippen molar-refractivity contribution in [3.8, 4) is 0 Å². The Balaban J connectivity index is 2.06. The summed E-state index contributed by atoms with van der Waals surface area (Å²) in [6, 6.07) is 2.65. The van der Waals surface area contributed by atoms with E-state index in [9.17, 15) is 13.3 Å². The van der Waals surface area contributed by atoms with Gasteiger partial charge < -0.3 is 10.3 Å². The predicted molar refractivity (Wildman–Crippen MR) is 67.1 cm³/mol. The zero-order chi connectivity index (χ0) is 14.3. The summed E-state index contributed by atoms with van der Waals surface area (Å²) in [5, 5.41) is 6.29. The lowest BCUT2D eigenvalue weighted by atomic mass is 10.3. The summed E-state index contributed by atoms with van der Waals surface area (Å²) in [7, 11) is 0. The van der Waals surface area contributed by atoms with Gasteiger partial charge in [-0.2, -0.15) is 10.1 Å². The molecule has 1 atom stereocenters. The summed E-state index contributed by atoms with van der Waals surface area (Å²) in [5.41, 5.74) is 6.17. The first-order valence-electron chi connectivity index (χ1n) is 5.39. The van der Waals surface area contributed by atoms with E-state index < -0.39 is 22.8 Å². The monoisotopic (exact) mass is 295 g/mol. The maximum absolute atomic E-state index is 13.1. The van der Waals surface area contributed by atoms with Gasteiger partial charge >= 0.3 is 0 Å². The standard InChI is InChI=1S/C11H7F2N5OS/c12-5-1-6(13)3-7(2-5)20(19)8-4-15-11-9(16-8)10(14)17-18-11/h1-4H,(H3,14,15,17,18). The van der Waals surface area contributed by atoms with Gasteiger partial charge in [0.1, 0.15) is 17.8 Å². The van der Waals surface area contributed by atoms with Crippen molar-refractivity contribution in [2.45, 2.75) is 9.92 Å². The molecule has 2 aromatic heterocycles. The number of H-pyrrole nitrogens is 1. The molecule has 0 spiro atoms. The Hall–Kier alpha value is -2.26. The van der Waals surface area contributed by atoms with E-state index in [4.69, 9.17) is 5.73 Å². The number of aromatic nitrogens is 4. The van der Waals surface area contributed by atoms with Crippen LogP contribution in [0.4, 0.5) is 14.6 Å². The second kappa shape index (κ2) is 4.69. The van der Waals surface area contributed by atoms with Gasteiger partial charge in [-0.05, 0) is 0 Å². The van der Waals surface area contributed by atoms with Gasteiger partial charge in [0.05, 0.1) is 0 Å². The molecule has 3 N–H and O–H groups in total. The highest BCUT2D eigenvalue weighted by atomic mass is 32.2. The molecule has 102 valence electrons. The van der Waals surface area contributed by atoms with E-state index in [2.05, 4.69) is 20.2 Å². The summed E-state index contributed by atoms with van der Waals surface area (Å²) in [5.74, 6) is -1.52. The van der Waals surface area contributed by atoms with E-state index in [-0.39, 0.29) is 21.3 Å². The Morgan fingerprint density at radius 1 is 1.20 bits per heavy atom. The Morgan fingerprint density at radius 3 is 2.60 bits per heavy atom. The first kappa shape index (κ1) is 12.8. The third-order valence-electron chi connectivity index (χ3n) is 2.52. The van der Waals surface area contributed by atoms with Crippen LogP contribution in [0, 0.1) is 11.6 Å². The van der Waals surface area contributed by atoms with Crippen molar-refractivity contribution in [1.82, 2.24) is 20.2 Å². The fourth-order valence-corrected chi connectivity index (χ4v) is 2.65. The van der Waals surface area contributed by atoms with Crippen LogP contribution < -0.4 is 5.73 Å². The van der Waals surface area contributed by atoms with Crippen molar-refractivity contribution in [3.05, 3.63) is 36.0 Å². The van der Waals surface area contributed by atoms with E-state index in [1.165, 1.54) is 6.20 Å². The number of anilines is 1. The minimum Gasteiger partial charge on any atom is -0.605 e. The molecule has 0 saturated carbocycles. The molecule has 1 aromatic carbocycles. The fourth-order valence-electron chi connectivity index (χ4n) is 1.65. The second-order valence-corrected chi connectivity index (χ2v) is 5.32. The summed E-state index contributed by atoms with van der Waals surface area (Å²) in [6.45, 7) is 0. The number of hydrogen-bond donors (Lipinski definition) is 2. The lowest BCUT2D eigenvalue weighted by molar-refractivity contribution is 0.566. The van der Waals surface area contributed by atoms with Gasteiger partial charge in [0.2, 0.25) is 0 Å². The highest BCUT2D eigenvalue weighted by molar-refractivity contribution is 7.91. The molecule has 0 amide bonds. The second-order valence-electron chi connectivity index (χ2n) is 3.89.